The number of rotatable bonds is 13. The van der Waals surface area contributed by atoms with Crippen LogP contribution < -0.4 is 11.5 Å². The molecule has 0 saturated carbocycles. The molecular weight excluding hydrogens is 657 g/mol. The zero-order valence-corrected chi connectivity index (χ0v) is 29.3. The molecule has 51 heavy (non-hydrogen) atoms. The van der Waals surface area contributed by atoms with E-state index in [1.807, 2.05) is 97.1 Å². The summed E-state index contributed by atoms with van der Waals surface area (Å²) in [6, 6.07) is 36.5. The fourth-order valence-corrected chi connectivity index (χ4v) is 6.30. The van der Waals surface area contributed by atoms with Gasteiger partial charge in [-0.25, -0.2) is 9.78 Å². The molecule has 0 spiro atoms. The fraction of sp³-hybridized carbons (Fsp3) is 0.171. The van der Waals surface area contributed by atoms with Gasteiger partial charge in [-0.1, -0.05) is 78.9 Å². The van der Waals surface area contributed by atoms with E-state index in [1.54, 1.807) is 17.0 Å². The number of methoxy groups -OCH3 is 1. The quantitative estimate of drug-likeness (QED) is 0.0469. The van der Waals surface area contributed by atoms with Crippen LogP contribution in [-0.2, 0) is 43.8 Å². The molecule has 6 aromatic rings. The molecule has 258 valence electrons. The molecule has 6 rings (SSSR count). The summed E-state index contributed by atoms with van der Waals surface area (Å²) < 4.78 is 7.05. The van der Waals surface area contributed by atoms with E-state index >= 15 is 0 Å². The van der Waals surface area contributed by atoms with Gasteiger partial charge in [0.2, 0.25) is 0 Å². The maximum Gasteiger partial charge on any atom is 0.337 e. The zero-order chi connectivity index (χ0) is 35.9. The van der Waals surface area contributed by atoms with E-state index < -0.39 is 5.97 Å². The number of nitrogens with two attached hydrogens (primary N) is 2. The second-order valence-electron chi connectivity index (χ2n) is 12.4. The average Bonchev–Trinajstić information content (AvgIpc) is 3.50. The fourth-order valence-electron chi connectivity index (χ4n) is 6.07. The van der Waals surface area contributed by atoms with Gasteiger partial charge >= 0.3 is 5.97 Å². The molecule has 0 bridgehead atoms. The molecule has 0 fully saturated rings. The van der Waals surface area contributed by atoms with E-state index in [0.717, 1.165) is 56.0 Å². The predicted octanol–water partition coefficient (Wildman–Crippen LogP) is 6.53. The van der Waals surface area contributed by atoms with Gasteiger partial charge in [-0.2, -0.15) is 0 Å². The molecule has 1 amide bonds. The van der Waals surface area contributed by atoms with E-state index in [9.17, 15) is 9.59 Å². The Labute approximate surface area is 302 Å². The van der Waals surface area contributed by atoms with Gasteiger partial charge in [-0.05, 0) is 70.6 Å². The van der Waals surface area contributed by atoms with Crippen molar-refractivity contribution in [1.29, 1.82) is 5.41 Å². The number of aromatic nitrogens is 2. The predicted molar refractivity (Wildman–Crippen MR) is 203 cm³/mol. The van der Waals surface area contributed by atoms with Crippen LogP contribution in [0.15, 0.2) is 120 Å². The third kappa shape index (κ3) is 8.37. The van der Waals surface area contributed by atoms with Gasteiger partial charge in [0.1, 0.15) is 11.7 Å². The van der Waals surface area contributed by atoms with Crippen LogP contribution in [0, 0.1) is 5.41 Å². The number of ether oxygens (including phenoxy) is 1. The molecule has 0 unspecified atom stereocenters. The van der Waals surface area contributed by atoms with Crippen molar-refractivity contribution in [2.45, 2.75) is 43.9 Å². The number of fused-ring (bicyclic) bond motifs is 1. The monoisotopic (exact) mass is 696 g/mol. The number of esters is 1. The largest absolute Gasteiger partial charge is 0.465 e. The summed E-state index contributed by atoms with van der Waals surface area (Å²) in [4.78, 5) is 34.1. The van der Waals surface area contributed by atoms with E-state index in [-0.39, 0.29) is 11.7 Å². The number of aryl methyl sites for hydroxylation is 2. The maximum atomic E-state index is 14.3. The van der Waals surface area contributed by atoms with Crippen molar-refractivity contribution in [3.8, 4) is 0 Å². The highest BCUT2D eigenvalue weighted by Gasteiger charge is 2.20. The van der Waals surface area contributed by atoms with Crippen molar-refractivity contribution in [2.24, 2.45) is 11.5 Å². The smallest absolute Gasteiger partial charge is 0.337 e. The lowest BCUT2D eigenvalue weighted by molar-refractivity contribution is 0.0600. The van der Waals surface area contributed by atoms with Crippen molar-refractivity contribution < 1.29 is 14.3 Å². The first-order valence-corrected chi connectivity index (χ1v) is 17.1. The zero-order valence-electron chi connectivity index (χ0n) is 28.4. The Hall–Kier alpha value is -5.71. The molecule has 0 aliphatic heterocycles. The minimum absolute atomic E-state index is 0.0404. The first kappa shape index (κ1) is 35.1. The molecule has 0 saturated heterocycles. The van der Waals surface area contributed by atoms with Crippen LogP contribution in [0.4, 0.5) is 0 Å². The highest BCUT2D eigenvalue weighted by atomic mass is 32.1. The molecular formula is C41H40N6O3S. The lowest BCUT2D eigenvalue weighted by atomic mass is 10.1. The minimum atomic E-state index is -0.412. The standard InChI is InChI=1S/C41H40N6O3S/c1-50-41(49)32-17-12-30(13-18-32)25-46(24-29-8-6-28(23-42)7-9-29)40(48)33-19-20-36-35(22-33)45-38(47(36)26-34-4-2-3-5-37(34)51)21-14-27-10-15-31(16-11-27)39(43)44/h2-13,15-20,22,51H,14,21,23-26,42H2,1H3,(H3,43,44). The van der Waals surface area contributed by atoms with Gasteiger partial charge in [-0.3, -0.25) is 10.2 Å². The van der Waals surface area contributed by atoms with Gasteiger partial charge in [0.05, 0.1) is 30.3 Å². The van der Waals surface area contributed by atoms with Crippen LogP contribution in [0.2, 0.25) is 0 Å². The lowest BCUT2D eigenvalue weighted by Crippen LogP contribution is -2.30. The summed E-state index contributed by atoms with van der Waals surface area (Å²) in [5, 5.41) is 7.70. The highest BCUT2D eigenvalue weighted by Crippen LogP contribution is 2.25. The average molecular weight is 697 g/mol. The van der Waals surface area contributed by atoms with E-state index in [4.69, 9.17) is 39.2 Å². The van der Waals surface area contributed by atoms with Crippen LogP contribution in [0.25, 0.3) is 11.0 Å². The van der Waals surface area contributed by atoms with Gasteiger partial charge in [0, 0.05) is 42.1 Å². The Kier molecular flexibility index (Phi) is 10.9. The summed E-state index contributed by atoms with van der Waals surface area (Å²) in [7, 11) is 1.35. The Morgan fingerprint density at radius 2 is 1.37 bits per heavy atom. The molecule has 10 heteroatoms. The van der Waals surface area contributed by atoms with Gasteiger partial charge in [-0.15, -0.1) is 12.6 Å². The number of nitrogens with one attached hydrogen (secondary N) is 1. The molecule has 1 heterocycles. The summed E-state index contributed by atoms with van der Waals surface area (Å²) in [6.07, 6.45) is 1.40. The SMILES string of the molecule is COC(=O)c1ccc(CN(Cc2ccc(CN)cc2)C(=O)c2ccc3c(c2)nc(CCc2ccc(C(=N)N)cc2)n3Cc2ccccc2S)cc1. The van der Waals surface area contributed by atoms with E-state index in [2.05, 4.69) is 10.6 Å². The first-order valence-electron chi connectivity index (χ1n) is 16.7. The van der Waals surface area contributed by atoms with Crippen LogP contribution in [-0.4, -0.2) is 39.3 Å². The summed E-state index contributed by atoms with van der Waals surface area (Å²) in [5.74, 6) is 0.382. The Balaban J connectivity index is 1.33. The molecule has 1 aromatic heterocycles. The molecule has 0 aliphatic rings. The third-order valence-electron chi connectivity index (χ3n) is 8.96. The van der Waals surface area contributed by atoms with Gasteiger partial charge < -0.3 is 25.7 Å². The van der Waals surface area contributed by atoms with Crippen molar-refractivity contribution >= 4 is 41.4 Å². The van der Waals surface area contributed by atoms with Crippen LogP contribution >= 0.6 is 12.6 Å². The van der Waals surface area contributed by atoms with Gasteiger partial charge in [0.15, 0.2) is 0 Å². The van der Waals surface area contributed by atoms with Crippen molar-refractivity contribution in [2.75, 3.05) is 7.11 Å². The Morgan fingerprint density at radius 1 is 0.784 bits per heavy atom. The third-order valence-corrected chi connectivity index (χ3v) is 9.40. The molecule has 9 nitrogen and oxygen atoms in total. The van der Waals surface area contributed by atoms with Crippen LogP contribution in [0.3, 0.4) is 0 Å². The maximum absolute atomic E-state index is 14.3. The number of hydrogen-bond donors (Lipinski definition) is 4. The van der Waals surface area contributed by atoms with E-state index in [1.165, 1.54) is 7.11 Å². The summed E-state index contributed by atoms with van der Waals surface area (Å²) in [5.41, 5.74) is 19.8. The molecule has 5 aromatic carbocycles. The number of amides is 1. The van der Waals surface area contributed by atoms with Crippen molar-refractivity contribution in [1.82, 2.24) is 14.5 Å². The number of thiol groups is 1. The number of carbonyl (C=O) groups excluding carboxylic acids is 2. The number of carbonyl (C=O) groups is 2. The number of benzene rings is 5. The van der Waals surface area contributed by atoms with Crippen molar-refractivity contribution in [3.63, 3.8) is 0 Å². The number of nitrogen functional groups attached to an aromatic ring is 1. The normalized spacial score (nSPS) is 11.0. The Bertz CT molecular complexity index is 2180. The molecule has 0 atom stereocenters. The van der Waals surface area contributed by atoms with E-state index in [0.29, 0.717) is 49.3 Å². The molecule has 0 radical (unpaired) electrons. The summed E-state index contributed by atoms with van der Waals surface area (Å²) >= 11 is 4.71. The lowest BCUT2D eigenvalue weighted by Gasteiger charge is -2.23. The molecule has 5 N–H and O–H groups in total. The number of imidazole rings is 1. The van der Waals surface area contributed by atoms with Crippen molar-refractivity contribution in [3.05, 3.63) is 166 Å². The molecule has 0 aliphatic carbocycles. The highest BCUT2D eigenvalue weighted by molar-refractivity contribution is 7.80. The minimum Gasteiger partial charge on any atom is -0.465 e. The Morgan fingerprint density at radius 3 is 2.00 bits per heavy atom. The number of amidine groups is 1. The number of nitrogens with zero attached hydrogens (tertiary/aromatic N) is 3. The second kappa shape index (κ2) is 15.9. The number of hydrogen-bond acceptors (Lipinski definition) is 7. The van der Waals surface area contributed by atoms with Crippen LogP contribution in [0.1, 0.15) is 59.9 Å². The van der Waals surface area contributed by atoms with Crippen LogP contribution in [0.5, 0.6) is 0 Å². The first-order chi connectivity index (χ1) is 24.7. The van der Waals surface area contributed by atoms with Gasteiger partial charge in [0.25, 0.3) is 5.91 Å². The summed E-state index contributed by atoms with van der Waals surface area (Å²) in [6.45, 7) is 1.73. The topological polar surface area (TPSA) is 140 Å². The second-order valence-corrected chi connectivity index (χ2v) is 12.9.